The van der Waals surface area contributed by atoms with Crippen LogP contribution in [0.3, 0.4) is 0 Å². The molecule has 2 N–H and O–H groups in total. The molecule has 1 saturated heterocycles. The topological polar surface area (TPSA) is 84.6 Å². The fourth-order valence-corrected chi connectivity index (χ4v) is 1.88. The van der Waals surface area contributed by atoms with E-state index in [2.05, 4.69) is 5.32 Å². The van der Waals surface area contributed by atoms with Gasteiger partial charge in [-0.3, -0.25) is 10.1 Å². The number of anilines is 1. The monoisotopic (exact) mass is 272 g/mol. The molecule has 0 unspecified atom stereocenters. The second-order valence-electron chi connectivity index (χ2n) is 4.43. The lowest BCUT2D eigenvalue weighted by Crippen LogP contribution is -2.50. The van der Waals surface area contributed by atoms with Gasteiger partial charge < -0.3 is 15.2 Å². The van der Waals surface area contributed by atoms with Crippen LogP contribution in [0.5, 0.6) is 0 Å². The predicted molar refractivity (Wildman–Crippen MR) is 66.9 cm³/mol. The Hall–Kier alpha value is -1.37. The Kier molecular flexibility index (Phi) is 3.70. The fraction of sp³-hybridized carbons (Fsp3) is 0.455. The number of hydrogen-bond donors (Lipinski definition) is 2. The molecule has 98 valence electrons. The molecule has 7 heteroatoms. The van der Waals surface area contributed by atoms with Gasteiger partial charge in [-0.05, 0) is 12.1 Å². The van der Waals surface area contributed by atoms with E-state index in [9.17, 15) is 15.2 Å². The minimum Gasteiger partial charge on any atom is -0.396 e. The van der Waals surface area contributed by atoms with Gasteiger partial charge in [-0.1, -0.05) is 11.6 Å². The highest BCUT2D eigenvalue weighted by Gasteiger charge is 2.37. The molecule has 2 rings (SSSR count). The summed E-state index contributed by atoms with van der Waals surface area (Å²) < 4.78 is 5.07. The Bertz CT molecular complexity index is 457. The molecular weight excluding hydrogens is 260 g/mol. The second-order valence-corrected chi connectivity index (χ2v) is 4.83. The van der Waals surface area contributed by atoms with Crippen molar-refractivity contribution >= 4 is 23.0 Å². The van der Waals surface area contributed by atoms with E-state index in [0.717, 1.165) is 0 Å². The molecule has 1 aliphatic rings. The zero-order valence-corrected chi connectivity index (χ0v) is 10.3. The molecule has 1 aliphatic heterocycles. The van der Waals surface area contributed by atoms with E-state index in [0.29, 0.717) is 25.4 Å². The van der Waals surface area contributed by atoms with Crippen molar-refractivity contribution in [3.63, 3.8) is 0 Å². The van der Waals surface area contributed by atoms with Crippen LogP contribution in [0.1, 0.15) is 0 Å². The maximum Gasteiger partial charge on any atom is 0.289 e. The van der Waals surface area contributed by atoms with Crippen molar-refractivity contribution < 1.29 is 14.8 Å². The first-order valence-electron chi connectivity index (χ1n) is 5.43. The Labute approximate surface area is 109 Å². The second kappa shape index (κ2) is 5.09. The molecular formula is C11H13ClN2O4. The summed E-state index contributed by atoms with van der Waals surface area (Å²) in [5, 5.41) is 23.1. The first-order chi connectivity index (χ1) is 8.56. The summed E-state index contributed by atoms with van der Waals surface area (Å²) in [4.78, 5) is 10.2. The van der Waals surface area contributed by atoms with Gasteiger partial charge >= 0.3 is 0 Å². The summed E-state index contributed by atoms with van der Waals surface area (Å²) >= 11 is 5.72. The van der Waals surface area contributed by atoms with Gasteiger partial charge in [-0.25, -0.2) is 0 Å². The summed E-state index contributed by atoms with van der Waals surface area (Å²) in [7, 11) is 0. The average Bonchev–Trinajstić information content (AvgIpc) is 2.30. The molecule has 0 radical (unpaired) electrons. The molecule has 0 aliphatic carbocycles. The number of nitro groups is 1. The summed E-state index contributed by atoms with van der Waals surface area (Å²) in [6.45, 7) is 1.51. The molecule has 1 heterocycles. The Balaban J connectivity index is 2.06. The lowest BCUT2D eigenvalue weighted by Gasteiger charge is -2.40. The van der Waals surface area contributed by atoms with Crippen LogP contribution in [0.4, 0.5) is 11.4 Å². The maximum atomic E-state index is 10.7. The highest BCUT2D eigenvalue weighted by molar-refractivity contribution is 6.32. The number of aliphatic hydroxyl groups excluding tert-OH is 1. The van der Waals surface area contributed by atoms with Crippen LogP contribution in [0.15, 0.2) is 18.2 Å². The third kappa shape index (κ3) is 2.55. The average molecular weight is 273 g/mol. The number of hydrogen-bond acceptors (Lipinski definition) is 5. The molecule has 0 aromatic heterocycles. The smallest absolute Gasteiger partial charge is 0.289 e. The van der Waals surface area contributed by atoms with E-state index in [-0.39, 0.29) is 22.7 Å². The van der Waals surface area contributed by atoms with Crippen molar-refractivity contribution in [2.24, 2.45) is 5.41 Å². The number of nitrogens with zero attached hydrogens (tertiary/aromatic N) is 1. The van der Waals surface area contributed by atoms with Crippen molar-refractivity contribution in [3.8, 4) is 0 Å². The van der Waals surface area contributed by atoms with E-state index in [4.69, 9.17) is 16.3 Å². The molecule has 1 aromatic carbocycles. The Morgan fingerprint density at radius 2 is 2.28 bits per heavy atom. The SMILES string of the molecule is O=[N+]([O-])c1cc(NCC2(CO)COC2)ccc1Cl. The van der Waals surface area contributed by atoms with Gasteiger partial charge in [0.25, 0.3) is 5.69 Å². The summed E-state index contributed by atoms with van der Waals surface area (Å²) in [5.41, 5.74) is 0.185. The van der Waals surface area contributed by atoms with Crippen molar-refractivity contribution in [2.75, 3.05) is 31.7 Å². The molecule has 0 spiro atoms. The van der Waals surface area contributed by atoms with Gasteiger partial charge in [0.05, 0.1) is 30.2 Å². The van der Waals surface area contributed by atoms with Crippen LogP contribution < -0.4 is 5.32 Å². The fourth-order valence-electron chi connectivity index (χ4n) is 1.69. The molecule has 1 aromatic rings. The molecule has 1 fully saturated rings. The summed E-state index contributed by atoms with van der Waals surface area (Å²) in [6.07, 6.45) is 0. The number of nitro benzene ring substituents is 1. The highest BCUT2D eigenvalue weighted by atomic mass is 35.5. The molecule has 0 atom stereocenters. The normalized spacial score (nSPS) is 17.0. The van der Waals surface area contributed by atoms with E-state index < -0.39 is 4.92 Å². The molecule has 0 amide bonds. The third-order valence-corrected chi connectivity index (χ3v) is 3.28. The van der Waals surface area contributed by atoms with E-state index in [1.165, 1.54) is 12.1 Å². The molecule has 0 saturated carbocycles. The van der Waals surface area contributed by atoms with Crippen LogP contribution in [-0.4, -0.2) is 36.4 Å². The van der Waals surface area contributed by atoms with Gasteiger partial charge in [-0.15, -0.1) is 0 Å². The number of halogens is 1. The van der Waals surface area contributed by atoms with Gasteiger partial charge in [0.1, 0.15) is 5.02 Å². The van der Waals surface area contributed by atoms with Crippen molar-refractivity contribution in [1.29, 1.82) is 0 Å². The minimum atomic E-state index is -0.526. The lowest BCUT2D eigenvalue weighted by molar-refractivity contribution is -0.384. The molecule has 0 bridgehead atoms. The first kappa shape index (κ1) is 13.1. The summed E-state index contributed by atoms with van der Waals surface area (Å²) in [5.74, 6) is 0. The number of nitrogens with one attached hydrogen (secondary N) is 1. The van der Waals surface area contributed by atoms with E-state index in [1.807, 2.05) is 0 Å². The maximum absolute atomic E-state index is 10.7. The van der Waals surface area contributed by atoms with Crippen LogP contribution in [0.2, 0.25) is 5.02 Å². The number of ether oxygens (including phenoxy) is 1. The van der Waals surface area contributed by atoms with Crippen LogP contribution in [-0.2, 0) is 4.74 Å². The third-order valence-electron chi connectivity index (χ3n) is 2.96. The molecule has 6 nitrogen and oxygen atoms in total. The number of rotatable bonds is 5. The zero-order chi connectivity index (χ0) is 13.2. The number of benzene rings is 1. The predicted octanol–water partition coefficient (Wildman–Crippen LogP) is 1.67. The van der Waals surface area contributed by atoms with Crippen LogP contribution in [0, 0.1) is 15.5 Å². The van der Waals surface area contributed by atoms with E-state index in [1.54, 1.807) is 6.07 Å². The first-order valence-corrected chi connectivity index (χ1v) is 5.81. The highest BCUT2D eigenvalue weighted by Crippen LogP contribution is 2.30. The zero-order valence-electron chi connectivity index (χ0n) is 9.56. The largest absolute Gasteiger partial charge is 0.396 e. The van der Waals surface area contributed by atoms with E-state index >= 15 is 0 Å². The Morgan fingerprint density at radius 3 is 2.78 bits per heavy atom. The number of aliphatic hydroxyl groups is 1. The quantitative estimate of drug-likeness (QED) is 0.629. The van der Waals surface area contributed by atoms with Crippen LogP contribution >= 0.6 is 11.6 Å². The van der Waals surface area contributed by atoms with Crippen molar-refractivity contribution in [2.45, 2.75) is 0 Å². The lowest BCUT2D eigenvalue weighted by atomic mass is 9.87. The van der Waals surface area contributed by atoms with Crippen molar-refractivity contribution in [3.05, 3.63) is 33.3 Å². The van der Waals surface area contributed by atoms with Gasteiger partial charge in [-0.2, -0.15) is 0 Å². The van der Waals surface area contributed by atoms with Crippen molar-refractivity contribution in [1.82, 2.24) is 0 Å². The van der Waals surface area contributed by atoms with Crippen LogP contribution in [0.25, 0.3) is 0 Å². The minimum absolute atomic E-state index is 0.0235. The Morgan fingerprint density at radius 1 is 1.56 bits per heavy atom. The van der Waals surface area contributed by atoms with Gasteiger partial charge in [0.2, 0.25) is 0 Å². The molecule has 18 heavy (non-hydrogen) atoms. The van der Waals surface area contributed by atoms with Gasteiger partial charge in [0.15, 0.2) is 0 Å². The standard InChI is InChI=1S/C11H13ClN2O4/c12-9-2-1-8(3-10(9)14(16)17)13-4-11(5-15)6-18-7-11/h1-3,13,15H,4-7H2. The van der Waals surface area contributed by atoms with Gasteiger partial charge in [0, 0.05) is 18.3 Å². The summed E-state index contributed by atoms with van der Waals surface area (Å²) in [6, 6.07) is 4.53.